The maximum absolute atomic E-state index is 12.8. The number of ether oxygens (including phenoxy) is 1. The number of hydrogen-bond donors (Lipinski definition) is 1. The normalized spacial score (nSPS) is 11.9. The predicted octanol–water partition coefficient (Wildman–Crippen LogP) is 2.66. The van der Waals surface area contributed by atoms with E-state index in [9.17, 15) is 14.0 Å². The highest BCUT2D eigenvalue weighted by Crippen LogP contribution is 2.11. The molecule has 1 aromatic carbocycles. The molecule has 7 heteroatoms. The molecule has 0 aliphatic heterocycles. The fraction of sp³-hybridized carbons (Fsp3) is 0.118. The topological polar surface area (TPSA) is 72.7 Å². The average Bonchev–Trinajstić information content (AvgIpc) is 3.01. The van der Waals surface area contributed by atoms with Crippen molar-refractivity contribution in [2.24, 2.45) is 0 Å². The first kappa shape index (κ1) is 15.7. The molecule has 122 valence electrons. The molecule has 2 aromatic heterocycles. The van der Waals surface area contributed by atoms with E-state index < -0.39 is 23.8 Å². The molecule has 0 bridgehead atoms. The number of rotatable bonds is 4. The summed E-state index contributed by atoms with van der Waals surface area (Å²) >= 11 is 0. The van der Waals surface area contributed by atoms with Crippen LogP contribution in [0.4, 0.5) is 10.1 Å². The zero-order chi connectivity index (χ0) is 17.1. The van der Waals surface area contributed by atoms with Crippen LogP contribution in [-0.2, 0) is 9.53 Å². The maximum Gasteiger partial charge on any atom is 0.359 e. The summed E-state index contributed by atoms with van der Waals surface area (Å²) in [5.74, 6) is -1.61. The summed E-state index contributed by atoms with van der Waals surface area (Å²) in [6.07, 6.45) is 2.26. The predicted molar refractivity (Wildman–Crippen MR) is 85.1 cm³/mol. The third-order valence-electron chi connectivity index (χ3n) is 3.34. The fourth-order valence-corrected chi connectivity index (χ4v) is 2.08. The first-order valence-electron chi connectivity index (χ1n) is 7.24. The van der Waals surface area contributed by atoms with E-state index in [0.717, 1.165) is 0 Å². The van der Waals surface area contributed by atoms with Gasteiger partial charge in [0.15, 0.2) is 11.8 Å². The molecule has 0 radical (unpaired) electrons. The van der Waals surface area contributed by atoms with Crippen LogP contribution in [-0.4, -0.2) is 27.4 Å². The lowest BCUT2D eigenvalue weighted by molar-refractivity contribution is -0.123. The van der Waals surface area contributed by atoms with E-state index in [0.29, 0.717) is 11.3 Å². The molecule has 3 aromatic rings. The largest absolute Gasteiger partial charge is 0.448 e. The lowest BCUT2D eigenvalue weighted by atomic mass is 10.3. The van der Waals surface area contributed by atoms with E-state index in [-0.39, 0.29) is 5.69 Å². The Bertz CT molecular complexity index is 856. The molecule has 0 spiro atoms. The third-order valence-corrected chi connectivity index (χ3v) is 3.34. The number of benzene rings is 1. The van der Waals surface area contributed by atoms with Crippen LogP contribution in [0.2, 0.25) is 0 Å². The van der Waals surface area contributed by atoms with E-state index in [1.165, 1.54) is 37.4 Å². The number of carbonyl (C=O) groups excluding carboxylic acids is 2. The lowest BCUT2D eigenvalue weighted by Crippen LogP contribution is -2.30. The van der Waals surface area contributed by atoms with Crippen LogP contribution < -0.4 is 5.32 Å². The number of carbonyl (C=O) groups is 2. The number of aromatic nitrogens is 2. The zero-order valence-electron chi connectivity index (χ0n) is 12.8. The van der Waals surface area contributed by atoms with Crippen molar-refractivity contribution >= 4 is 23.2 Å². The summed E-state index contributed by atoms with van der Waals surface area (Å²) in [5, 5.41) is 2.54. The Kier molecular flexibility index (Phi) is 4.24. The van der Waals surface area contributed by atoms with Crippen molar-refractivity contribution < 1.29 is 18.7 Å². The van der Waals surface area contributed by atoms with E-state index in [2.05, 4.69) is 10.3 Å². The van der Waals surface area contributed by atoms with E-state index >= 15 is 0 Å². The van der Waals surface area contributed by atoms with Gasteiger partial charge in [0.25, 0.3) is 5.91 Å². The Morgan fingerprint density at radius 2 is 1.96 bits per heavy atom. The number of anilines is 1. The number of pyridine rings is 1. The van der Waals surface area contributed by atoms with Gasteiger partial charge in [0, 0.05) is 18.1 Å². The van der Waals surface area contributed by atoms with Gasteiger partial charge in [0.05, 0.1) is 0 Å². The standard InChI is InChI=1S/C17H14FN3O3/c1-11(16(22)19-13-7-5-12(18)6-8-13)24-17(23)14-10-21-9-3-2-4-15(21)20-14/h2-11H,1H3,(H,19,22)/t11-/m1/s1. The molecule has 2 heterocycles. The van der Waals surface area contributed by atoms with Crippen molar-refractivity contribution in [2.75, 3.05) is 5.32 Å². The number of halogens is 1. The number of imidazole rings is 1. The van der Waals surface area contributed by atoms with Gasteiger partial charge in [-0.25, -0.2) is 14.2 Å². The highest BCUT2D eigenvalue weighted by molar-refractivity contribution is 5.96. The SMILES string of the molecule is C[C@@H](OC(=O)c1cn2ccccc2n1)C(=O)Nc1ccc(F)cc1. The molecule has 1 amide bonds. The summed E-state index contributed by atoms with van der Waals surface area (Å²) in [6.45, 7) is 1.45. The molecular formula is C17H14FN3O3. The Hall–Kier alpha value is -3.22. The van der Waals surface area contributed by atoms with Crippen molar-refractivity contribution in [3.05, 3.63) is 66.4 Å². The van der Waals surface area contributed by atoms with Crippen LogP contribution in [0.5, 0.6) is 0 Å². The number of nitrogens with one attached hydrogen (secondary N) is 1. The molecule has 3 rings (SSSR count). The highest BCUT2D eigenvalue weighted by Gasteiger charge is 2.21. The number of fused-ring (bicyclic) bond motifs is 1. The van der Waals surface area contributed by atoms with Gasteiger partial charge >= 0.3 is 5.97 Å². The molecule has 0 saturated carbocycles. The van der Waals surface area contributed by atoms with Gasteiger partial charge in [-0.05, 0) is 43.3 Å². The van der Waals surface area contributed by atoms with Gasteiger partial charge in [0.1, 0.15) is 11.5 Å². The van der Waals surface area contributed by atoms with E-state index in [1.54, 1.807) is 22.7 Å². The molecule has 0 unspecified atom stereocenters. The van der Waals surface area contributed by atoms with Crippen molar-refractivity contribution in [2.45, 2.75) is 13.0 Å². The summed E-state index contributed by atoms with van der Waals surface area (Å²) in [4.78, 5) is 28.3. The fourth-order valence-electron chi connectivity index (χ4n) is 2.08. The van der Waals surface area contributed by atoms with Crippen LogP contribution in [0.1, 0.15) is 17.4 Å². The second kappa shape index (κ2) is 6.49. The molecule has 0 aliphatic rings. The van der Waals surface area contributed by atoms with E-state index in [1.807, 2.05) is 6.07 Å². The van der Waals surface area contributed by atoms with Gasteiger partial charge in [-0.3, -0.25) is 4.79 Å². The average molecular weight is 327 g/mol. The summed E-state index contributed by atoms with van der Waals surface area (Å²) in [5.41, 5.74) is 1.13. The van der Waals surface area contributed by atoms with Gasteiger partial charge in [-0.1, -0.05) is 6.07 Å². The van der Waals surface area contributed by atoms with Crippen LogP contribution in [0.15, 0.2) is 54.9 Å². The van der Waals surface area contributed by atoms with Crippen LogP contribution in [0.3, 0.4) is 0 Å². The van der Waals surface area contributed by atoms with Gasteiger partial charge in [-0.15, -0.1) is 0 Å². The molecule has 0 aliphatic carbocycles. The smallest absolute Gasteiger partial charge is 0.359 e. The van der Waals surface area contributed by atoms with E-state index in [4.69, 9.17) is 4.74 Å². The number of nitrogens with zero attached hydrogens (tertiary/aromatic N) is 2. The Balaban J connectivity index is 1.64. The minimum atomic E-state index is -1.02. The molecule has 24 heavy (non-hydrogen) atoms. The monoisotopic (exact) mass is 327 g/mol. The first-order chi connectivity index (χ1) is 11.5. The summed E-state index contributed by atoms with van der Waals surface area (Å²) in [7, 11) is 0. The molecular weight excluding hydrogens is 313 g/mol. The molecule has 0 saturated heterocycles. The second-order valence-electron chi connectivity index (χ2n) is 5.14. The summed E-state index contributed by atoms with van der Waals surface area (Å²) < 4.78 is 19.6. The van der Waals surface area contributed by atoms with Crippen molar-refractivity contribution in [1.82, 2.24) is 9.38 Å². The molecule has 1 atom stereocenters. The minimum absolute atomic E-state index is 0.114. The number of esters is 1. The third kappa shape index (κ3) is 3.40. The summed E-state index contributed by atoms with van der Waals surface area (Å²) in [6, 6.07) is 10.7. The number of amides is 1. The van der Waals surface area contributed by atoms with Gasteiger partial charge < -0.3 is 14.5 Å². The molecule has 6 nitrogen and oxygen atoms in total. The van der Waals surface area contributed by atoms with Crippen molar-refractivity contribution in [3.8, 4) is 0 Å². The van der Waals surface area contributed by atoms with Crippen LogP contribution >= 0.6 is 0 Å². The first-order valence-corrected chi connectivity index (χ1v) is 7.24. The lowest BCUT2D eigenvalue weighted by Gasteiger charge is -2.12. The van der Waals surface area contributed by atoms with Crippen molar-refractivity contribution in [3.63, 3.8) is 0 Å². The minimum Gasteiger partial charge on any atom is -0.448 e. The Morgan fingerprint density at radius 1 is 1.21 bits per heavy atom. The molecule has 0 fully saturated rings. The maximum atomic E-state index is 12.8. The zero-order valence-corrected chi connectivity index (χ0v) is 12.8. The quantitative estimate of drug-likeness (QED) is 0.748. The van der Waals surface area contributed by atoms with Crippen LogP contribution in [0.25, 0.3) is 5.65 Å². The van der Waals surface area contributed by atoms with Gasteiger partial charge in [0.2, 0.25) is 0 Å². The number of hydrogen-bond acceptors (Lipinski definition) is 4. The van der Waals surface area contributed by atoms with Crippen molar-refractivity contribution in [1.29, 1.82) is 0 Å². The van der Waals surface area contributed by atoms with Crippen LogP contribution in [0, 0.1) is 5.82 Å². The highest BCUT2D eigenvalue weighted by atomic mass is 19.1. The second-order valence-corrected chi connectivity index (χ2v) is 5.14. The Labute approximate surface area is 136 Å². The Morgan fingerprint density at radius 3 is 2.67 bits per heavy atom. The molecule has 1 N–H and O–H groups in total. The van der Waals surface area contributed by atoms with Gasteiger partial charge in [-0.2, -0.15) is 0 Å².